The van der Waals surface area contributed by atoms with E-state index in [-0.39, 0.29) is 11.9 Å². The number of hydrogen-bond acceptors (Lipinski definition) is 3. The van der Waals surface area contributed by atoms with Crippen LogP contribution in [0.15, 0.2) is 29.2 Å². The standard InChI is InChI=1S/C17H26N2OS/c1-13(17(20)18-15-6-4-5-7-15)19(2)12-14-8-10-16(21-3)11-9-14/h8-11,13,15H,4-7,12H2,1-3H3,(H,18,20)/t13-/m1/s1. The van der Waals surface area contributed by atoms with Gasteiger partial charge in [-0.2, -0.15) is 0 Å². The molecule has 1 aromatic carbocycles. The minimum absolute atomic E-state index is 0.0918. The van der Waals surface area contributed by atoms with Crippen LogP contribution >= 0.6 is 11.8 Å². The van der Waals surface area contributed by atoms with Gasteiger partial charge in [-0.25, -0.2) is 0 Å². The van der Waals surface area contributed by atoms with Crippen LogP contribution in [0.4, 0.5) is 0 Å². The molecule has 3 nitrogen and oxygen atoms in total. The average Bonchev–Trinajstić information content (AvgIpc) is 3.00. The Balaban J connectivity index is 1.85. The van der Waals surface area contributed by atoms with Crippen molar-refractivity contribution in [3.8, 4) is 0 Å². The van der Waals surface area contributed by atoms with Gasteiger partial charge in [0, 0.05) is 17.5 Å². The second-order valence-electron chi connectivity index (χ2n) is 5.93. The third kappa shape index (κ3) is 4.75. The zero-order valence-electron chi connectivity index (χ0n) is 13.3. The summed E-state index contributed by atoms with van der Waals surface area (Å²) in [6, 6.07) is 8.86. The second-order valence-corrected chi connectivity index (χ2v) is 6.81. The molecule has 1 fully saturated rings. The predicted octanol–water partition coefficient (Wildman–Crippen LogP) is 3.29. The van der Waals surface area contributed by atoms with Crippen LogP contribution in [0, 0.1) is 0 Å². The lowest BCUT2D eigenvalue weighted by atomic mass is 10.1. The molecule has 0 unspecified atom stereocenters. The number of rotatable bonds is 6. The number of nitrogens with one attached hydrogen (secondary N) is 1. The molecule has 4 heteroatoms. The van der Waals surface area contributed by atoms with E-state index in [1.165, 1.54) is 23.3 Å². The molecule has 21 heavy (non-hydrogen) atoms. The van der Waals surface area contributed by atoms with Gasteiger partial charge in [0.15, 0.2) is 0 Å². The summed E-state index contributed by atoms with van der Waals surface area (Å²) < 4.78 is 0. The Kier molecular flexibility index (Phi) is 6.12. The van der Waals surface area contributed by atoms with Crippen molar-refractivity contribution in [3.05, 3.63) is 29.8 Å². The van der Waals surface area contributed by atoms with E-state index in [4.69, 9.17) is 0 Å². The summed E-state index contributed by atoms with van der Waals surface area (Å²) >= 11 is 1.75. The Morgan fingerprint density at radius 1 is 1.33 bits per heavy atom. The van der Waals surface area contributed by atoms with Crippen molar-refractivity contribution >= 4 is 17.7 Å². The van der Waals surface area contributed by atoms with Crippen molar-refractivity contribution < 1.29 is 4.79 Å². The Labute approximate surface area is 132 Å². The average molecular weight is 306 g/mol. The summed E-state index contributed by atoms with van der Waals surface area (Å²) in [6.07, 6.45) is 6.85. The van der Waals surface area contributed by atoms with Crippen molar-refractivity contribution in [3.63, 3.8) is 0 Å². The number of carbonyl (C=O) groups is 1. The van der Waals surface area contributed by atoms with Crippen LogP contribution in [0.2, 0.25) is 0 Å². The molecule has 2 rings (SSSR count). The molecule has 1 atom stereocenters. The van der Waals surface area contributed by atoms with E-state index in [1.807, 2.05) is 14.0 Å². The van der Waals surface area contributed by atoms with Crippen LogP contribution in [-0.4, -0.2) is 36.2 Å². The fraction of sp³-hybridized carbons (Fsp3) is 0.588. The monoisotopic (exact) mass is 306 g/mol. The van der Waals surface area contributed by atoms with Crippen LogP contribution < -0.4 is 5.32 Å². The fourth-order valence-electron chi connectivity index (χ4n) is 2.75. The molecular weight excluding hydrogens is 280 g/mol. The summed E-state index contributed by atoms with van der Waals surface area (Å²) in [5, 5.41) is 3.18. The third-order valence-corrected chi connectivity index (χ3v) is 5.08. The van der Waals surface area contributed by atoms with Crippen LogP contribution in [0.1, 0.15) is 38.2 Å². The molecular formula is C17H26N2OS. The van der Waals surface area contributed by atoms with Gasteiger partial charge < -0.3 is 5.32 Å². The number of benzene rings is 1. The van der Waals surface area contributed by atoms with E-state index >= 15 is 0 Å². The first-order valence-electron chi connectivity index (χ1n) is 7.73. The fourth-order valence-corrected chi connectivity index (χ4v) is 3.16. The van der Waals surface area contributed by atoms with E-state index in [9.17, 15) is 4.79 Å². The molecule has 0 radical (unpaired) electrons. The summed E-state index contributed by atoms with van der Waals surface area (Å²) in [5.41, 5.74) is 1.25. The maximum Gasteiger partial charge on any atom is 0.237 e. The first-order valence-corrected chi connectivity index (χ1v) is 8.96. The Morgan fingerprint density at radius 3 is 2.52 bits per heavy atom. The number of hydrogen-bond donors (Lipinski definition) is 1. The van der Waals surface area contributed by atoms with Gasteiger partial charge in [0.05, 0.1) is 6.04 Å². The van der Waals surface area contributed by atoms with Crippen molar-refractivity contribution in [2.75, 3.05) is 13.3 Å². The first-order chi connectivity index (χ1) is 10.1. The molecule has 0 saturated heterocycles. The van der Waals surface area contributed by atoms with Gasteiger partial charge in [0.1, 0.15) is 0 Å². The third-order valence-electron chi connectivity index (χ3n) is 4.33. The topological polar surface area (TPSA) is 32.3 Å². The molecule has 1 aliphatic carbocycles. The van der Waals surface area contributed by atoms with E-state index in [2.05, 4.69) is 40.7 Å². The molecule has 0 spiro atoms. The molecule has 0 bridgehead atoms. The number of amides is 1. The predicted molar refractivity (Wildman–Crippen MR) is 89.6 cm³/mol. The van der Waals surface area contributed by atoms with E-state index in [1.54, 1.807) is 11.8 Å². The molecule has 0 heterocycles. The van der Waals surface area contributed by atoms with Crippen molar-refractivity contribution in [1.82, 2.24) is 10.2 Å². The lowest BCUT2D eigenvalue weighted by Crippen LogP contribution is -2.46. The largest absolute Gasteiger partial charge is 0.352 e. The van der Waals surface area contributed by atoms with Gasteiger partial charge in [0.2, 0.25) is 5.91 Å². The highest BCUT2D eigenvalue weighted by Crippen LogP contribution is 2.18. The van der Waals surface area contributed by atoms with Gasteiger partial charge in [-0.1, -0.05) is 25.0 Å². The molecule has 1 aliphatic rings. The Morgan fingerprint density at radius 2 is 1.95 bits per heavy atom. The lowest BCUT2D eigenvalue weighted by molar-refractivity contribution is -0.126. The maximum atomic E-state index is 12.3. The number of thioether (sulfide) groups is 1. The van der Waals surface area contributed by atoms with Gasteiger partial charge in [-0.15, -0.1) is 11.8 Å². The highest BCUT2D eigenvalue weighted by molar-refractivity contribution is 7.98. The number of likely N-dealkylation sites (N-methyl/N-ethyl adjacent to an activating group) is 1. The van der Waals surface area contributed by atoms with Gasteiger partial charge in [0.25, 0.3) is 0 Å². The van der Waals surface area contributed by atoms with E-state index in [0.717, 1.165) is 19.4 Å². The lowest BCUT2D eigenvalue weighted by Gasteiger charge is -2.25. The molecule has 1 N–H and O–H groups in total. The highest BCUT2D eigenvalue weighted by atomic mass is 32.2. The quantitative estimate of drug-likeness (QED) is 0.819. The first kappa shape index (κ1) is 16.4. The number of nitrogens with zero attached hydrogens (tertiary/aromatic N) is 1. The van der Waals surface area contributed by atoms with Crippen LogP contribution in [0.5, 0.6) is 0 Å². The zero-order valence-corrected chi connectivity index (χ0v) is 14.1. The molecule has 116 valence electrons. The normalized spacial score (nSPS) is 17.1. The summed E-state index contributed by atoms with van der Waals surface area (Å²) in [7, 11) is 2.02. The molecule has 1 amide bonds. The Hall–Kier alpha value is -1.00. The molecule has 1 aromatic rings. The van der Waals surface area contributed by atoms with Gasteiger partial charge in [-0.3, -0.25) is 9.69 Å². The smallest absolute Gasteiger partial charge is 0.237 e. The van der Waals surface area contributed by atoms with Crippen molar-refractivity contribution in [1.29, 1.82) is 0 Å². The summed E-state index contributed by atoms with van der Waals surface area (Å²) in [5.74, 6) is 0.158. The zero-order chi connectivity index (χ0) is 15.2. The molecule has 0 aliphatic heterocycles. The molecule has 0 aromatic heterocycles. The van der Waals surface area contributed by atoms with Crippen molar-refractivity contribution in [2.24, 2.45) is 0 Å². The highest BCUT2D eigenvalue weighted by Gasteiger charge is 2.23. The number of carbonyl (C=O) groups excluding carboxylic acids is 1. The minimum Gasteiger partial charge on any atom is -0.352 e. The van der Waals surface area contributed by atoms with Crippen LogP contribution in [-0.2, 0) is 11.3 Å². The van der Waals surface area contributed by atoms with E-state index < -0.39 is 0 Å². The van der Waals surface area contributed by atoms with Crippen molar-refractivity contribution in [2.45, 2.75) is 56.1 Å². The Bertz CT molecular complexity index is 454. The second kappa shape index (κ2) is 7.85. The van der Waals surface area contributed by atoms with Gasteiger partial charge in [-0.05, 0) is 50.8 Å². The van der Waals surface area contributed by atoms with Crippen LogP contribution in [0.25, 0.3) is 0 Å². The molecule has 1 saturated carbocycles. The summed E-state index contributed by atoms with van der Waals surface area (Å²) in [4.78, 5) is 15.7. The SMILES string of the molecule is CSc1ccc(CN(C)[C@H](C)C(=O)NC2CCCC2)cc1. The maximum absolute atomic E-state index is 12.3. The minimum atomic E-state index is -0.0918. The summed E-state index contributed by atoms with van der Waals surface area (Å²) in [6.45, 7) is 2.79. The van der Waals surface area contributed by atoms with Crippen LogP contribution in [0.3, 0.4) is 0 Å². The van der Waals surface area contributed by atoms with E-state index in [0.29, 0.717) is 6.04 Å². The van der Waals surface area contributed by atoms with Gasteiger partial charge >= 0.3 is 0 Å².